The standard InChI is InChI=1S/C30H32N2O7/c1-2-3-16-37-23-11-13-24(14-12-23)39-28(33)15-8-20-6-9-21(10-7-20)30(36)38-17-4-5-25-26(29(34)35)18-22(31)19-27(25)32/h6-15,18-19H,2-5,16-17,31-32H2,1H3,(H,34,35)/b15-8+. The zero-order valence-electron chi connectivity index (χ0n) is 21.7. The maximum absolute atomic E-state index is 12.4. The van der Waals surface area contributed by atoms with Crippen LogP contribution in [0.15, 0.2) is 66.7 Å². The van der Waals surface area contributed by atoms with Gasteiger partial charge in [-0.05, 0) is 85.0 Å². The number of hydrogen-bond acceptors (Lipinski definition) is 8. The maximum atomic E-state index is 12.4. The number of hydrogen-bond donors (Lipinski definition) is 3. The summed E-state index contributed by atoms with van der Waals surface area (Å²) < 4.78 is 16.2. The molecule has 0 saturated carbocycles. The van der Waals surface area contributed by atoms with E-state index < -0.39 is 17.9 Å². The fraction of sp³-hybridized carbons (Fsp3) is 0.233. The molecule has 5 N–H and O–H groups in total. The Morgan fingerprint density at radius 3 is 2.26 bits per heavy atom. The van der Waals surface area contributed by atoms with Gasteiger partial charge in [0.2, 0.25) is 0 Å². The summed E-state index contributed by atoms with van der Waals surface area (Å²) in [7, 11) is 0. The second kappa shape index (κ2) is 14.2. The lowest BCUT2D eigenvalue weighted by atomic mass is 10.00. The molecular weight excluding hydrogens is 500 g/mol. The van der Waals surface area contributed by atoms with Crippen molar-refractivity contribution in [3.63, 3.8) is 0 Å². The summed E-state index contributed by atoms with van der Waals surface area (Å²) in [5, 5.41) is 9.37. The molecule has 3 aromatic rings. The van der Waals surface area contributed by atoms with E-state index in [9.17, 15) is 19.5 Å². The van der Waals surface area contributed by atoms with Gasteiger partial charge >= 0.3 is 17.9 Å². The van der Waals surface area contributed by atoms with Crippen LogP contribution >= 0.6 is 0 Å². The fourth-order valence-electron chi connectivity index (χ4n) is 3.67. The molecule has 0 heterocycles. The first-order chi connectivity index (χ1) is 18.8. The topological polar surface area (TPSA) is 151 Å². The lowest BCUT2D eigenvalue weighted by Gasteiger charge is -2.11. The Balaban J connectivity index is 1.45. The first-order valence-corrected chi connectivity index (χ1v) is 12.6. The summed E-state index contributed by atoms with van der Waals surface area (Å²) in [5.41, 5.74) is 13.7. The summed E-state index contributed by atoms with van der Waals surface area (Å²) in [6, 6.07) is 16.2. The lowest BCUT2D eigenvalue weighted by molar-refractivity contribution is -0.128. The molecule has 0 atom stereocenters. The highest BCUT2D eigenvalue weighted by atomic mass is 16.5. The van der Waals surface area contributed by atoms with Crippen LogP contribution in [-0.4, -0.2) is 36.2 Å². The molecule has 0 saturated heterocycles. The minimum Gasteiger partial charge on any atom is -0.494 e. The van der Waals surface area contributed by atoms with Gasteiger partial charge in [0.1, 0.15) is 11.5 Å². The predicted molar refractivity (Wildman–Crippen MR) is 149 cm³/mol. The van der Waals surface area contributed by atoms with Crippen LogP contribution in [0, 0.1) is 0 Å². The molecule has 0 amide bonds. The molecule has 3 aromatic carbocycles. The molecule has 9 heteroatoms. The van der Waals surface area contributed by atoms with E-state index >= 15 is 0 Å². The maximum Gasteiger partial charge on any atom is 0.338 e. The second-order valence-corrected chi connectivity index (χ2v) is 8.73. The van der Waals surface area contributed by atoms with Crippen molar-refractivity contribution in [3.05, 3.63) is 89.0 Å². The Morgan fingerprint density at radius 1 is 0.897 bits per heavy atom. The Morgan fingerprint density at radius 2 is 1.59 bits per heavy atom. The number of benzene rings is 3. The molecule has 0 aliphatic heterocycles. The molecule has 3 rings (SSSR count). The van der Waals surface area contributed by atoms with Crippen LogP contribution in [0.3, 0.4) is 0 Å². The van der Waals surface area contributed by atoms with E-state index in [0.717, 1.165) is 18.6 Å². The number of ether oxygens (including phenoxy) is 3. The second-order valence-electron chi connectivity index (χ2n) is 8.73. The number of nitrogens with two attached hydrogens (primary N) is 2. The summed E-state index contributed by atoms with van der Waals surface area (Å²) in [4.78, 5) is 36.0. The number of nitrogen functional groups attached to an aromatic ring is 2. The van der Waals surface area contributed by atoms with Gasteiger partial charge in [0.05, 0.1) is 24.3 Å². The highest BCUT2D eigenvalue weighted by Crippen LogP contribution is 2.23. The van der Waals surface area contributed by atoms with Crippen molar-refractivity contribution < 1.29 is 33.7 Å². The van der Waals surface area contributed by atoms with Crippen molar-refractivity contribution >= 4 is 35.4 Å². The molecule has 204 valence electrons. The normalized spacial score (nSPS) is 10.8. The van der Waals surface area contributed by atoms with Gasteiger partial charge in [0.15, 0.2) is 0 Å². The fourth-order valence-corrected chi connectivity index (χ4v) is 3.67. The quantitative estimate of drug-likeness (QED) is 0.0893. The van der Waals surface area contributed by atoms with Crippen LogP contribution in [0.5, 0.6) is 11.5 Å². The van der Waals surface area contributed by atoms with E-state index in [0.29, 0.717) is 41.9 Å². The minimum atomic E-state index is -1.12. The van der Waals surface area contributed by atoms with Crippen LogP contribution < -0.4 is 20.9 Å². The van der Waals surface area contributed by atoms with Crippen molar-refractivity contribution in [1.29, 1.82) is 0 Å². The Bertz CT molecular complexity index is 1320. The van der Waals surface area contributed by atoms with E-state index in [2.05, 4.69) is 6.92 Å². The van der Waals surface area contributed by atoms with Gasteiger partial charge in [-0.25, -0.2) is 14.4 Å². The molecule has 9 nitrogen and oxygen atoms in total. The first-order valence-electron chi connectivity index (χ1n) is 12.6. The summed E-state index contributed by atoms with van der Waals surface area (Å²) in [5.74, 6) is -1.05. The first kappa shape index (κ1) is 28.8. The van der Waals surface area contributed by atoms with Gasteiger partial charge in [-0.15, -0.1) is 0 Å². The number of carboxylic acid groups (broad SMARTS) is 1. The molecule has 39 heavy (non-hydrogen) atoms. The minimum absolute atomic E-state index is 0.0386. The molecule has 0 aliphatic carbocycles. The molecule has 0 unspecified atom stereocenters. The van der Waals surface area contributed by atoms with Crippen molar-refractivity contribution in [2.24, 2.45) is 0 Å². The van der Waals surface area contributed by atoms with Crippen LogP contribution in [0.4, 0.5) is 11.4 Å². The smallest absolute Gasteiger partial charge is 0.338 e. The number of carbonyl (C=O) groups excluding carboxylic acids is 2. The molecule has 0 radical (unpaired) electrons. The SMILES string of the molecule is CCCCOc1ccc(OC(=O)/C=C/c2ccc(C(=O)OCCCc3c(N)cc(N)cc3C(=O)O)cc2)cc1. The Hall–Kier alpha value is -4.79. The van der Waals surface area contributed by atoms with E-state index in [-0.39, 0.29) is 23.5 Å². The number of esters is 2. The van der Waals surface area contributed by atoms with Crippen molar-refractivity contribution in [1.82, 2.24) is 0 Å². The zero-order valence-corrected chi connectivity index (χ0v) is 21.7. The van der Waals surface area contributed by atoms with Crippen molar-refractivity contribution in [3.8, 4) is 11.5 Å². The molecular formula is C30H32N2O7. The zero-order chi connectivity index (χ0) is 28.2. The van der Waals surface area contributed by atoms with Gasteiger partial charge in [-0.1, -0.05) is 25.5 Å². The monoisotopic (exact) mass is 532 g/mol. The van der Waals surface area contributed by atoms with E-state index in [1.807, 2.05) is 0 Å². The van der Waals surface area contributed by atoms with E-state index in [1.54, 1.807) is 54.6 Å². The largest absolute Gasteiger partial charge is 0.494 e. The number of carboxylic acids is 1. The molecule has 0 aliphatic rings. The summed E-state index contributed by atoms with van der Waals surface area (Å²) in [6.07, 6.45) is 5.61. The molecule has 0 fully saturated rings. The van der Waals surface area contributed by atoms with E-state index in [1.165, 1.54) is 18.2 Å². The van der Waals surface area contributed by atoms with Crippen molar-refractivity contribution in [2.45, 2.75) is 32.6 Å². The average molecular weight is 533 g/mol. The highest BCUT2D eigenvalue weighted by molar-refractivity contribution is 5.93. The van der Waals surface area contributed by atoms with Crippen LogP contribution in [0.25, 0.3) is 6.08 Å². The Labute approximate surface area is 227 Å². The van der Waals surface area contributed by atoms with Gasteiger partial charge in [-0.2, -0.15) is 0 Å². The van der Waals surface area contributed by atoms with Gasteiger partial charge in [-0.3, -0.25) is 0 Å². The van der Waals surface area contributed by atoms with Crippen molar-refractivity contribution in [2.75, 3.05) is 24.7 Å². The van der Waals surface area contributed by atoms with Crippen LogP contribution in [0.1, 0.15) is 58.0 Å². The number of carbonyl (C=O) groups is 3. The summed E-state index contributed by atoms with van der Waals surface area (Å²) in [6.45, 7) is 2.82. The van der Waals surface area contributed by atoms with Crippen LogP contribution in [-0.2, 0) is 16.0 Å². The third-order valence-electron chi connectivity index (χ3n) is 5.71. The lowest BCUT2D eigenvalue weighted by Crippen LogP contribution is -2.10. The van der Waals surface area contributed by atoms with Gasteiger partial charge < -0.3 is 30.8 Å². The number of rotatable bonds is 13. The van der Waals surface area contributed by atoms with Crippen LogP contribution in [0.2, 0.25) is 0 Å². The van der Waals surface area contributed by atoms with Gasteiger partial charge in [0.25, 0.3) is 0 Å². The molecule has 0 spiro atoms. The molecule has 0 aromatic heterocycles. The predicted octanol–water partition coefficient (Wildman–Crippen LogP) is 5.14. The summed E-state index contributed by atoms with van der Waals surface area (Å²) >= 11 is 0. The number of anilines is 2. The third-order valence-corrected chi connectivity index (χ3v) is 5.71. The average Bonchev–Trinajstić information content (AvgIpc) is 2.91. The van der Waals surface area contributed by atoms with E-state index in [4.69, 9.17) is 25.7 Å². The third kappa shape index (κ3) is 8.92. The highest BCUT2D eigenvalue weighted by Gasteiger charge is 2.15. The number of unbranched alkanes of at least 4 members (excludes halogenated alkanes) is 1. The molecule has 0 bridgehead atoms. The number of aromatic carboxylic acids is 1. The Kier molecular flexibility index (Phi) is 10.5. The van der Waals surface area contributed by atoms with Gasteiger partial charge in [0, 0.05) is 17.5 Å².